The van der Waals surface area contributed by atoms with Gasteiger partial charge in [0.25, 0.3) is 11.8 Å². The molecule has 194 valence electrons. The van der Waals surface area contributed by atoms with Crippen LogP contribution in [0, 0.1) is 19.8 Å². The van der Waals surface area contributed by atoms with Gasteiger partial charge < -0.3 is 9.64 Å². The normalized spacial score (nSPS) is 16.9. The number of rotatable bonds is 4. The first-order valence-corrected chi connectivity index (χ1v) is 12.9. The SMILES string of the molecule is Cc1ccc(N2C[C@@H](C(=O)Oc3cccc(N4C(=O)c5c(Cl)c(Cl)c(Cl)c(Cl)c5C4=O)c3)CC2=O)cc1C. The molecule has 1 atom stereocenters. The largest absolute Gasteiger partial charge is 0.426 e. The van der Waals surface area contributed by atoms with Crippen LogP contribution in [0.4, 0.5) is 11.4 Å². The van der Waals surface area contributed by atoms with Gasteiger partial charge in [0.15, 0.2) is 0 Å². The van der Waals surface area contributed by atoms with Crippen LogP contribution in [0.5, 0.6) is 5.75 Å². The lowest BCUT2D eigenvalue weighted by Crippen LogP contribution is -2.29. The maximum atomic E-state index is 13.1. The van der Waals surface area contributed by atoms with Gasteiger partial charge in [-0.2, -0.15) is 0 Å². The molecular formula is C27H18Cl4N2O5. The van der Waals surface area contributed by atoms with Gasteiger partial charge in [-0.05, 0) is 49.2 Å². The number of esters is 1. The number of fused-ring (bicyclic) bond motifs is 1. The van der Waals surface area contributed by atoms with Crippen LogP contribution in [-0.2, 0) is 9.59 Å². The molecule has 3 aromatic rings. The second kappa shape index (κ2) is 9.89. The molecule has 0 saturated carbocycles. The summed E-state index contributed by atoms with van der Waals surface area (Å²) in [6.07, 6.45) is 0.00235. The van der Waals surface area contributed by atoms with Crippen LogP contribution < -0.4 is 14.5 Å². The summed E-state index contributed by atoms with van der Waals surface area (Å²) in [5.74, 6) is -2.87. The molecule has 0 unspecified atom stereocenters. The van der Waals surface area contributed by atoms with E-state index < -0.39 is 23.7 Å². The van der Waals surface area contributed by atoms with Crippen molar-refractivity contribution in [2.24, 2.45) is 5.92 Å². The van der Waals surface area contributed by atoms with Crippen LogP contribution in [0.2, 0.25) is 20.1 Å². The zero-order valence-corrected chi connectivity index (χ0v) is 23.0. The molecule has 3 aromatic carbocycles. The van der Waals surface area contributed by atoms with Gasteiger partial charge in [-0.3, -0.25) is 19.2 Å². The van der Waals surface area contributed by atoms with Gasteiger partial charge in [0.05, 0.1) is 42.8 Å². The Morgan fingerprint density at radius 1 is 0.816 bits per heavy atom. The second-order valence-electron chi connectivity index (χ2n) is 9.04. The fourth-order valence-corrected chi connectivity index (χ4v) is 5.49. The molecule has 0 spiro atoms. The molecule has 3 amide bonds. The van der Waals surface area contributed by atoms with Crippen molar-refractivity contribution in [1.82, 2.24) is 0 Å². The fourth-order valence-electron chi connectivity index (χ4n) is 4.48. The Bertz CT molecular complexity index is 1520. The van der Waals surface area contributed by atoms with Gasteiger partial charge in [-0.25, -0.2) is 4.90 Å². The number of hydrogen-bond donors (Lipinski definition) is 0. The van der Waals surface area contributed by atoms with Crippen LogP contribution >= 0.6 is 46.4 Å². The van der Waals surface area contributed by atoms with Crippen LogP contribution in [0.3, 0.4) is 0 Å². The van der Waals surface area contributed by atoms with Crippen molar-refractivity contribution in [1.29, 1.82) is 0 Å². The quantitative estimate of drug-likeness (QED) is 0.111. The molecule has 38 heavy (non-hydrogen) atoms. The third-order valence-electron chi connectivity index (χ3n) is 6.66. The summed E-state index contributed by atoms with van der Waals surface area (Å²) in [5, 5.41) is -0.634. The first kappa shape index (κ1) is 26.5. The van der Waals surface area contributed by atoms with E-state index >= 15 is 0 Å². The summed E-state index contributed by atoms with van der Waals surface area (Å²) >= 11 is 24.6. The molecular weight excluding hydrogens is 574 g/mol. The highest BCUT2D eigenvalue weighted by Crippen LogP contribution is 2.46. The maximum Gasteiger partial charge on any atom is 0.316 e. The number of amides is 3. The van der Waals surface area contributed by atoms with Gasteiger partial charge in [-0.1, -0.05) is 58.5 Å². The number of benzene rings is 3. The van der Waals surface area contributed by atoms with Crippen molar-refractivity contribution >= 4 is 81.5 Å². The Labute approximate surface area is 237 Å². The number of imide groups is 1. The summed E-state index contributed by atoms with van der Waals surface area (Å²) in [6, 6.07) is 11.6. The van der Waals surface area contributed by atoms with E-state index in [2.05, 4.69) is 0 Å². The first-order chi connectivity index (χ1) is 18.0. The summed E-state index contributed by atoms with van der Waals surface area (Å²) in [5.41, 5.74) is 2.67. The minimum atomic E-state index is -0.746. The Balaban J connectivity index is 1.36. The van der Waals surface area contributed by atoms with E-state index in [9.17, 15) is 19.2 Å². The van der Waals surface area contributed by atoms with E-state index in [1.165, 1.54) is 24.3 Å². The van der Waals surface area contributed by atoms with Gasteiger partial charge in [-0.15, -0.1) is 0 Å². The van der Waals surface area contributed by atoms with Crippen molar-refractivity contribution < 1.29 is 23.9 Å². The van der Waals surface area contributed by atoms with Crippen LogP contribution in [-0.4, -0.2) is 30.2 Å². The molecule has 11 heteroatoms. The van der Waals surface area contributed by atoms with E-state index in [4.69, 9.17) is 51.1 Å². The molecule has 1 saturated heterocycles. The number of carbonyl (C=O) groups is 4. The van der Waals surface area contributed by atoms with Gasteiger partial charge in [0.1, 0.15) is 5.75 Å². The Hall–Kier alpha value is -3.10. The smallest absolute Gasteiger partial charge is 0.316 e. The van der Waals surface area contributed by atoms with Crippen LogP contribution in [0.15, 0.2) is 42.5 Å². The van der Waals surface area contributed by atoms with Crippen molar-refractivity contribution in [3.63, 3.8) is 0 Å². The Morgan fingerprint density at radius 3 is 2.05 bits per heavy atom. The molecule has 7 nitrogen and oxygen atoms in total. The lowest BCUT2D eigenvalue weighted by atomic mass is 10.1. The highest BCUT2D eigenvalue weighted by atomic mass is 35.5. The highest BCUT2D eigenvalue weighted by Gasteiger charge is 2.43. The fraction of sp³-hybridized carbons (Fsp3) is 0.185. The van der Waals surface area contributed by atoms with Crippen molar-refractivity contribution in [3.8, 4) is 5.75 Å². The lowest BCUT2D eigenvalue weighted by molar-refractivity contribution is -0.139. The molecule has 2 heterocycles. The molecule has 1 fully saturated rings. The number of hydrogen-bond acceptors (Lipinski definition) is 5. The molecule has 0 radical (unpaired) electrons. The maximum absolute atomic E-state index is 13.1. The summed E-state index contributed by atoms with van der Waals surface area (Å²) < 4.78 is 5.55. The minimum Gasteiger partial charge on any atom is -0.426 e. The molecule has 0 aromatic heterocycles. The van der Waals surface area contributed by atoms with E-state index in [1.54, 1.807) is 4.90 Å². The molecule has 2 aliphatic rings. The van der Waals surface area contributed by atoms with E-state index in [-0.39, 0.29) is 61.5 Å². The number of halogens is 4. The third-order valence-corrected chi connectivity index (χ3v) is 8.46. The second-order valence-corrected chi connectivity index (χ2v) is 10.6. The third kappa shape index (κ3) is 4.33. The zero-order valence-electron chi connectivity index (χ0n) is 20.0. The van der Waals surface area contributed by atoms with Crippen molar-refractivity contribution in [2.45, 2.75) is 20.3 Å². The predicted octanol–water partition coefficient (Wildman–Crippen LogP) is 6.68. The van der Waals surface area contributed by atoms with Crippen LogP contribution in [0.25, 0.3) is 0 Å². The molecule has 0 aliphatic carbocycles. The number of ether oxygens (including phenoxy) is 1. The van der Waals surface area contributed by atoms with Crippen molar-refractivity contribution in [2.75, 3.05) is 16.3 Å². The summed E-state index contributed by atoms with van der Waals surface area (Å²) in [7, 11) is 0. The molecule has 0 bridgehead atoms. The van der Waals surface area contributed by atoms with E-state index in [1.807, 2.05) is 32.0 Å². The van der Waals surface area contributed by atoms with Gasteiger partial charge >= 0.3 is 5.97 Å². The standard InChI is InChI=1S/C27H18Cl4N2O5/c1-12-6-7-15(8-13(12)2)32-11-14(9-18(32)34)27(37)38-17-5-3-4-16(10-17)33-25(35)19-20(26(33)36)22(29)24(31)23(30)21(19)28/h3-8,10,14H,9,11H2,1-2H3/t14-/m0/s1. The summed E-state index contributed by atoms with van der Waals surface area (Å²) in [4.78, 5) is 54.3. The van der Waals surface area contributed by atoms with Gasteiger partial charge in [0.2, 0.25) is 5.91 Å². The van der Waals surface area contributed by atoms with E-state index in [0.29, 0.717) is 0 Å². The Morgan fingerprint density at radius 2 is 1.45 bits per heavy atom. The van der Waals surface area contributed by atoms with E-state index in [0.717, 1.165) is 21.7 Å². The number of carbonyl (C=O) groups excluding carboxylic acids is 4. The molecule has 0 N–H and O–H groups in total. The molecule has 5 rings (SSSR count). The van der Waals surface area contributed by atoms with Gasteiger partial charge in [0, 0.05) is 24.7 Å². The monoisotopic (exact) mass is 590 g/mol. The minimum absolute atomic E-state index is 0.00235. The first-order valence-electron chi connectivity index (χ1n) is 11.4. The highest BCUT2D eigenvalue weighted by molar-refractivity contribution is 6.56. The predicted molar refractivity (Wildman–Crippen MR) is 146 cm³/mol. The number of nitrogens with zero attached hydrogens (tertiary/aromatic N) is 2. The topological polar surface area (TPSA) is 84.0 Å². The van der Waals surface area contributed by atoms with Crippen molar-refractivity contribution in [3.05, 3.63) is 84.8 Å². The number of aryl methyl sites for hydroxylation is 2. The lowest BCUT2D eigenvalue weighted by Gasteiger charge is -2.18. The molecule has 2 aliphatic heterocycles. The average molecular weight is 592 g/mol. The Kier molecular flexibility index (Phi) is 6.90. The summed E-state index contributed by atoms with van der Waals surface area (Å²) in [6.45, 7) is 4.11. The van der Waals surface area contributed by atoms with Crippen LogP contribution in [0.1, 0.15) is 38.3 Å². The number of anilines is 2. The average Bonchev–Trinajstić information content (AvgIpc) is 3.40. The zero-order chi connectivity index (χ0) is 27.5.